The molecule has 11 nitrogen and oxygen atoms in total. The highest BCUT2D eigenvalue weighted by Gasteiger charge is 2.70. The van der Waals surface area contributed by atoms with Crippen LogP contribution in [0.1, 0.15) is 111 Å². The summed E-state index contributed by atoms with van der Waals surface area (Å²) in [6, 6.07) is -2.79. The summed E-state index contributed by atoms with van der Waals surface area (Å²) in [6.07, 6.45) is 14.1. The first-order valence-electron chi connectivity index (χ1n) is 19.1. The van der Waals surface area contributed by atoms with Crippen LogP contribution >= 0.6 is 11.8 Å². The van der Waals surface area contributed by atoms with E-state index in [4.69, 9.17) is 5.73 Å². The van der Waals surface area contributed by atoms with Crippen molar-refractivity contribution in [2.24, 2.45) is 52.6 Å². The highest BCUT2D eigenvalue weighted by molar-refractivity contribution is 8.00. The van der Waals surface area contributed by atoms with E-state index in [1.807, 2.05) is 6.92 Å². The number of thioether (sulfide) groups is 1. The van der Waals surface area contributed by atoms with Crippen molar-refractivity contribution in [2.75, 3.05) is 12.3 Å². The number of hydrogen-bond acceptors (Lipinski definition) is 7. The van der Waals surface area contributed by atoms with Gasteiger partial charge in [-0.2, -0.15) is 0 Å². The van der Waals surface area contributed by atoms with Crippen molar-refractivity contribution in [3.63, 3.8) is 0 Å². The molecule has 0 spiro atoms. The van der Waals surface area contributed by atoms with E-state index in [1.54, 1.807) is 4.90 Å². The van der Waals surface area contributed by atoms with Gasteiger partial charge < -0.3 is 26.6 Å². The van der Waals surface area contributed by atoms with Gasteiger partial charge >= 0.3 is 6.03 Å². The van der Waals surface area contributed by atoms with Crippen LogP contribution in [-0.4, -0.2) is 76.0 Å². The number of unbranched alkanes of at least 4 members (excludes halogenated alkanes) is 1. The lowest BCUT2D eigenvalue weighted by Gasteiger charge is -2.35. The molecule has 0 aromatic heterocycles. The molecule has 6 fully saturated rings. The number of piperidine rings is 1. The Morgan fingerprint density at radius 3 is 2.16 bits per heavy atom. The SMILES string of the molecule is CC[C@H](NC(=O)N[C@H](C(=O)N1C[C@H]2[C@@H]([C@H]1C(=O)NC(SCCCCC1CC1)C(=O)C(N)=O)C2(C)C)C1CC2CCCC[C@H]2C1)C(=O)C1CC1. The summed E-state index contributed by atoms with van der Waals surface area (Å²) in [4.78, 5) is 81.7. The summed E-state index contributed by atoms with van der Waals surface area (Å²) in [5.74, 6) is -0.251. The number of carbonyl (C=O) groups is 6. The molecule has 1 saturated heterocycles. The van der Waals surface area contributed by atoms with Crippen molar-refractivity contribution < 1.29 is 28.8 Å². The number of nitrogens with one attached hydrogen (secondary N) is 3. The lowest BCUT2D eigenvalue weighted by atomic mass is 9.82. The van der Waals surface area contributed by atoms with Gasteiger partial charge in [0.05, 0.1) is 6.04 Å². The molecule has 1 aliphatic heterocycles. The van der Waals surface area contributed by atoms with Gasteiger partial charge in [-0.25, -0.2) is 4.79 Å². The van der Waals surface area contributed by atoms with Crippen molar-refractivity contribution in [3.8, 4) is 0 Å². The molecule has 0 radical (unpaired) electrons. The first-order valence-corrected chi connectivity index (χ1v) is 20.1. The predicted octanol–water partition coefficient (Wildman–Crippen LogP) is 3.92. The van der Waals surface area contributed by atoms with E-state index in [2.05, 4.69) is 29.8 Å². The van der Waals surface area contributed by atoms with Gasteiger partial charge in [0.15, 0.2) is 5.78 Å². The Morgan fingerprint density at radius 2 is 1.57 bits per heavy atom. The monoisotopic (exact) mass is 699 g/mol. The van der Waals surface area contributed by atoms with Gasteiger partial charge in [-0.1, -0.05) is 72.1 Å². The molecule has 0 aromatic rings. The van der Waals surface area contributed by atoms with Gasteiger partial charge in [0.1, 0.15) is 17.5 Å². The molecule has 5 aliphatic carbocycles. The van der Waals surface area contributed by atoms with Gasteiger partial charge in [0, 0.05) is 12.5 Å². The van der Waals surface area contributed by atoms with Crippen molar-refractivity contribution in [1.82, 2.24) is 20.9 Å². The van der Waals surface area contributed by atoms with Crippen LogP contribution in [0.25, 0.3) is 0 Å². The largest absolute Gasteiger partial charge is 0.363 e. The molecular weight excluding hydrogens is 643 g/mol. The summed E-state index contributed by atoms with van der Waals surface area (Å²) in [6.45, 7) is 6.45. The second-order valence-corrected chi connectivity index (χ2v) is 17.8. The maximum atomic E-state index is 14.7. The first kappa shape index (κ1) is 36.2. The number of nitrogens with two attached hydrogens (primary N) is 1. The second-order valence-electron chi connectivity index (χ2n) is 16.6. The number of likely N-dealkylation sites (tertiary alicyclic amines) is 1. The van der Waals surface area contributed by atoms with E-state index < -0.39 is 47.1 Å². The van der Waals surface area contributed by atoms with E-state index >= 15 is 0 Å². The Bertz CT molecular complexity index is 1300. The number of urea groups is 1. The average molecular weight is 700 g/mol. The highest BCUT2D eigenvalue weighted by atomic mass is 32.2. The summed E-state index contributed by atoms with van der Waals surface area (Å²) in [5.41, 5.74) is 5.23. The van der Waals surface area contributed by atoms with Gasteiger partial charge in [-0.15, -0.1) is 11.8 Å². The summed E-state index contributed by atoms with van der Waals surface area (Å²) >= 11 is 1.23. The average Bonchev–Trinajstić information content (AvgIpc) is 4.04. The summed E-state index contributed by atoms with van der Waals surface area (Å²) < 4.78 is 0. The topological polar surface area (TPSA) is 168 Å². The molecule has 272 valence electrons. The highest BCUT2D eigenvalue weighted by Crippen LogP contribution is 2.65. The molecular formula is C37H57N5O6S. The van der Waals surface area contributed by atoms with Crippen LogP contribution in [0, 0.1) is 46.8 Å². The smallest absolute Gasteiger partial charge is 0.316 e. The number of amides is 5. The summed E-state index contributed by atoms with van der Waals surface area (Å²) in [5, 5.41) is 7.60. The lowest BCUT2D eigenvalue weighted by molar-refractivity contribution is -0.143. The Labute approximate surface area is 295 Å². The zero-order valence-electron chi connectivity index (χ0n) is 29.5. The number of primary amides is 1. The fourth-order valence-electron chi connectivity index (χ4n) is 9.46. The van der Waals surface area contributed by atoms with Crippen LogP contribution in [0.5, 0.6) is 0 Å². The van der Waals surface area contributed by atoms with Crippen LogP contribution in [0.3, 0.4) is 0 Å². The van der Waals surface area contributed by atoms with Crippen LogP contribution < -0.4 is 21.7 Å². The predicted molar refractivity (Wildman–Crippen MR) is 187 cm³/mol. The third-order valence-corrected chi connectivity index (χ3v) is 14.0. The van der Waals surface area contributed by atoms with E-state index in [-0.39, 0.29) is 40.8 Å². The van der Waals surface area contributed by atoms with E-state index in [0.717, 1.165) is 63.7 Å². The lowest BCUT2D eigenvalue weighted by Crippen LogP contribution is -2.60. The number of ketones is 2. The van der Waals surface area contributed by atoms with Gasteiger partial charge in [0.2, 0.25) is 11.8 Å². The zero-order valence-corrected chi connectivity index (χ0v) is 30.4. The van der Waals surface area contributed by atoms with Gasteiger partial charge in [-0.3, -0.25) is 24.0 Å². The number of carbonyl (C=O) groups excluding carboxylic acids is 6. The molecule has 1 heterocycles. The van der Waals surface area contributed by atoms with Crippen molar-refractivity contribution >= 4 is 47.1 Å². The number of fused-ring (bicyclic) bond motifs is 2. The molecule has 3 unspecified atom stereocenters. The minimum atomic E-state index is -1.11. The molecule has 5 amide bonds. The van der Waals surface area contributed by atoms with Gasteiger partial charge in [0.25, 0.3) is 11.7 Å². The van der Waals surface area contributed by atoms with E-state index in [1.165, 1.54) is 37.4 Å². The number of rotatable bonds is 17. The normalized spacial score (nSPS) is 31.4. The standard InChI is InChI=1S/C37H57N5O6S/c1-4-26(30(43)21-14-15-21)39-36(48)40-28(24-17-22-10-5-6-11-23(22)18-24)35(47)42-19-25-27(37(25,2)3)29(42)33(46)41-34(31(44)32(38)45)49-16-8-7-9-20-12-13-20/h20-29,34H,4-19H2,1-3H3,(H2,38,45)(H,41,46)(H2,39,40,48)/t22-,23?,24?,25-,26-,27-,28-,29-,34?/m0/s1. The Morgan fingerprint density at radius 1 is 0.898 bits per heavy atom. The van der Waals surface area contributed by atoms with Crippen molar-refractivity contribution in [2.45, 2.75) is 134 Å². The van der Waals surface area contributed by atoms with E-state index in [0.29, 0.717) is 30.6 Å². The fourth-order valence-corrected chi connectivity index (χ4v) is 10.5. The third kappa shape index (κ3) is 8.14. The summed E-state index contributed by atoms with van der Waals surface area (Å²) in [7, 11) is 0. The Kier molecular flexibility index (Phi) is 11.0. The van der Waals surface area contributed by atoms with Gasteiger partial charge in [-0.05, 0) is 85.2 Å². The Hall–Kier alpha value is -2.63. The first-order chi connectivity index (χ1) is 23.4. The minimum Gasteiger partial charge on any atom is -0.363 e. The van der Waals surface area contributed by atoms with Crippen molar-refractivity contribution in [3.05, 3.63) is 0 Å². The second kappa shape index (κ2) is 14.9. The molecule has 0 bridgehead atoms. The molecule has 5 saturated carbocycles. The van der Waals surface area contributed by atoms with E-state index in [9.17, 15) is 28.8 Å². The molecule has 0 aromatic carbocycles. The maximum Gasteiger partial charge on any atom is 0.316 e. The molecule has 9 atom stereocenters. The molecule has 6 aliphatic rings. The number of Topliss-reactive ketones (excluding diaryl/α,β-unsaturated/α-hetero) is 2. The number of nitrogens with zero attached hydrogens (tertiary/aromatic N) is 1. The van der Waals surface area contributed by atoms with Crippen LogP contribution in [0.15, 0.2) is 0 Å². The Balaban J connectivity index is 1.18. The van der Waals surface area contributed by atoms with Crippen LogP contribution in [0.2, 0.25) is 0 Å². The van der Waals surface area contributed by atoms with Crippen molar-refractivity contribution in [1.29, 1.82) is 0 Å². The fraction of sp³-hybridized carbons (Fsp3) is 0.838. The van der Waals surface area contributed by atoms with Crippen LogP contribution in [-0.2, 0) is 24.0 Å². The number of hydrogen-bond donors (Lipinski definition) is 4. The maximum absolute atomic E-state index is 14.7. The third-order valence-electron chi connectivity index (χ3n) is 12.8. The van der Waals surface area contributed by atoms with Crippen LogP contribution in [0.4, 0.5) is 4.79 Å². The molecule has 12 heteroatoms. The molecule has 49 heavy (non-hydrogen) atoms. The minimum absolute atomic E-state index is 0.00533. The zero-order chi connectivity index (χ0) is 35.0. The molecule has 6 rings (SSSR count). The quantitative estimate of drug-likeness (QED) is 0.101. The molecule has 5 N–H and O–H groups in total.